The van der Waals surface area contributed by atoms with Crippen molar-refractivity contribution in [1.82, 2.24) is 4.90 Å². The van der Waals surface area contributed by atoms with E-state index in [9.17, 15) is 8.42 Å². The summed E-state index contributed by atoms with van der Waals surface area (Å²) >= 11 is 1.22. The fraction of sp³-hybridized carbons (Fsp3) is 0.412. The largest absolute Gasteiger partial charge is 0.369 e. The van der Waals surface area contributed by atoms with Crippen molar-refractivity contribution in [2.24, 2.45) is 0 Å². The molecule has 7 heteroatoms. The number of hydrogen-bond donors (Lipinski definition) is 1. The van der Waals surface area contributed by atoms with Gasteiger partial charge in [0.1, 0.15) is 4.21 Å². The monoisotopic (exact) mass is 365 g/mol. The molecule has 1 aromatic carbocycles. The van der Waals surface area contributed by atoms with E-state index in [-0.39, 0.29) is 0 Å². The molecule has 0 unspecified atom stereocenters. The highest BCUT2D eigenvalue weighted by molar-refractivity contribution is 7.94. The maximum Gasteiger partial charge on any atom is 0.271 e. The van der Waals surface area contributed by atoms with Crippen molar-refractivity contribution < 1.29 is 8.42 Å². The lowest BCUT2D eigenvalue weighted by atomic mass is 10.2. The van der Waals surface area contributed by atoms with E-state index in [4.69, 9.17) is 0 Å². The van der Waals surface area contributed by atoms with Crippen molar-refractivity contribution in [3.05, 3.63) is 41.8 Å². The van der Waals surface area contributed by atoms with Crippen molar-refractivity contribution in [2.45, 2.75) is 17.6 Å². The first-order valence-electron chi connectivity index (χ1n) is 8.22. The molecule has 1 aliphatic rings. The Morgan fingerprint density at radius 2 is 1.79 bits per heavy atom. The molecule has 0 bridgehead atoms. The fourth-order valence-corrected chi connectivity index (χ4v) is 4.96. The molecule has 1 fully saturated rings. The van der Waals surface area contributed by atoms with Crippen LogP contribution in [-0.2, 0) is 10.0 Å². The van der Waals surface area contributed by atoms with E-state index in [0.717, 1.165) is 38.4 Å². The van der Waals surface area contributed by atoms with E-state index in [2.05, 4.69) is 21.4 Å². The van der Waals surface area contributed by atoms with E-state index in [1.54, 1.807) is 17.5 Å². The zero-order valence-electron chi connectivity index (χ0n) is 13.8. The lowest BCUT2D eigenvalue weighted by Crippen LogP contribution is -2.46. The van der Waals surface area contributed by atoms with Gasteiger partial charge in [-0.15, -0.1) is 11.3 Å². The zero-order chi connectivity index (χ0) is 17.0. The lowest BCUT2D eigenvalue weighted by Gasteiger charge is -2.36. The Morgan fingerprint density at radius 3 is 2.38 bits per heavy atom. The average Bonchev–Trinajstić information content (AvgIpc) is 3.12. The van der Waals surface area contributed by atoms with Crippen molar-refractivity contribution in [3.8, 4) is 0 Å². The van der Waals surface area contributed by atoms with Crippen molar-refractivity contribution in [3.63, 3.8) is 0 Å². The molecule has 0 aliphatic carbocycles. The van der Waals surface area contributed by atoms with Gasteiger partial charge in [0.25, 0.3) is 10.0 Å². The third kappa shape index (κ3) is 4.09. The summed E-state index contributed by atoms with van der Waals surface area (Å²) in [6, 6.07) is 11.0. The number of rotatable bonds is 6. The normalized spacial score (nSPS) is 16.3. The number of piperazine rings is 1. The number of sulfonamides is 1. The van der Waals surface area contributed by atoms with Gasteiger partial charge < -0.3 is 4.90 Å². The highest BCUT2D eigenvalue weighted by Gasteiger charge is 2.17. The maximum absolute atomic E-state index is 12.2. The Bertz CT molecular complexity index is 735. The summed E-state index contributed by atoms with van der Waals surface area (Å²) in [7, 11) is -3.47. The van der Waals surface area contributed by atoms with Crippen LogP contribution >= 0.6 is 11.3 Å². The van der Waals surface area contributed by atoms with E-state index in [1.807, 2.05) is 24.3 Å². The summed E-state index contributed by atoms with van der Waals surface area (Å²) in [4.78, 5) is 4.84. The molecule has 2 aromatic rings. The van der Waals surface area contributed by atoms with Gasteiger partial charge in [-0.2, -0.15) is 0 Å². The topological polar surface area (TPSA) is 52.6 Å². The minimum absolute atomic E-state index is 0.332. The third-order valence-corrected chi connectivity index (χ3v) is 6.94. The van der Waals surface area contributed by atoms with Crippen LogP contribution in [0.2, 0.25) is 0 Å². The standard InChI is InChI=1S/C17H23N3O2S2/c1-2-9-19-10-12-20(13-11-19)16-7-5-15(6-8-16)18-24(21,22)17-4-3-14-23-17/h3-8,14,18H,2,9-13H2,1H3. The summed E-state index contributed by atoms with van der Waals surface area (Å²) in [5.41, 5.74) is 1.74. The van der Waals surface area contributed by atoms with Crippen LogP contribution < -0.4 is 9.62 Å². The molecule has 0 amide bonds. The number of hydrogen-bond acceptors (Lipinski definition) is 5. The van der Waals surface area contributed by atoms with Crippen LogP contribution in [0.4, 0.5) is 11.4 Å². The first-order chi connectivity index (χ1) is 11.6. The average molecular weight is 366 g/mol. The quantitative estimate of drug-likeness (QED) is 0.855. The molecule has 5 nitrogen and oxygen atoms in total. The minimum Gasteiger partial charge on any atom is -0.369 e. The van der Waals surface area contributed by atoms with Gasteiger partial charge in [0.15, 0.2) is 0 Å². The fourth-order valence-electron chi connectivity index (χ4n) is 2.91. The highest BCUT2D eigenvalue weighted by Crippen LogP contribution is 2.23. The lowest BCUT2D eigenvalue weighted by molar-refractivity contribution is 0.258. The van der Waals surface area contributed by atoms with Gasteiger partial charge in [-0.3, -0.25) is 9.62 Å². The predicted octanol–water partition coefficient (Wildman–Crippen LogP) is 3.08. The number of thiophene rings is 1. The van der Waals surface area contributed by atoms with Gasteiger partial charge in [-0.25, -0.2) is 8.42 Å². The molecule has 0 radical (unpaired) electrons. The Morgan fingerprint density at radius 1 is 1.08 bits per heavy atom. The molecule has 0 atom stereocenters. The van der Waals surface area contributed by atoms with Crippen LogP contribution in [0.15, 0.2) is 46.0 Å². The van der Waals surface area contributed by atoms with E-state index >= 15 is 0 Å². The number of anilines is 2. The van der Waals surface area contributed by atoms with Crippen LogP contribution in [0.3, 0.4) is 0 Å². The van der Waals surface area contributed by atoms with Crippen LogP contribution in [0, 0.1) is 0 Å². The van der Waals surface area contributed by atoms with Crippen molar-refractivity contribution in [2.75, 3.05) is 42.3 Å². The maximum atomic E-state index is 12.2. The summed E-state index contributed by atoms with van der Waals surface area (Å²) in [5, 5.41) is 1.76. The van der Waals surface area contributed by atoms with Crippen molar-refractivity contribution in [1.29, 1.82) is 0 Å². The molecule has 0 saturated carbocycles. The van der Waals surface area contributed by atoms with Gasteiger partial charge in [-0.05, 0) is 48.7 Å². The molecule has 2 heterocycles. The van der Waals surface area contributed by atoms with Crippen LogP contribution in [-0.4, -0.2) is 46.0 Å². The van der Waals surface area contributed by atoms with Crippen LogP contribution in [0.5, 0.6) is 0 Å². The Kier molecular flexibility index (Phi) is 5.43. The second-order valence-corrected chi connectivity index (χ2v) is 8.77. The first-order valence-corrected chi connectivity index (χ1v) is 10.6. The number of nitrogens with zero attached hydrogens (tertiary/aromatic N) is 2. The minimum atomic E-state index is -3.47. The van der Waals surface area contributed by atoms with Gasteiger partial charge in [0.2, 0.25) is 0 Å². The SMILES string of the molecule is CCCN1CCN(c2ccc(NS(=O)(=O)c3cccs3)cc2)CC1. The zero-order valence-corrected chi connectivity index (χ0v) is 15.4. The van der Waals surface area contributed by atoms with Crippen molar-refractivity contribution >= 4 is 32.7 Å². The Balaban J connectivity index is 1.62. The molecule has 130 valence electrons. The molecule has 1 N–H and O–H groups in total. The summed E-state index contributed by atoms with van der Waals surface area (Å²) in [5.74, 6) is 0. The first kappa shape index (κ1) is 17.3. The van der Waals surface area contributed by atoms with E-state index < -0.39 is 10.0 Å². The number of nitrogens with one attached hydrogen (secondary N) is 1. The molecular weight excluding hydrogens is 342 g/mol. The molecular formula is C17H23N3O2S2. The van der Waals surface area contributed by atoms with Gasteiger partial charge in [-0.1, -0.05) is 13.0 Å². The van der Waals surface area contributed by atoms with Gasteiger partial charge in [0, 0.05) is 37.6 Å². The molecule has 24 heavy (non-hydrogen) atoms. The van der Waals surface area contributed by atoms with Crippen LogP contribution in [0.25, 0.3) is 0 Å². The van der Waals surface area contributed by atoms with E-state index in [1.165, 1.54) is 17.8 Å². The molecule has 0 spiro atoms. The van der Waals surface area contributed by atoms with Gasteiger partial charge in [0.05, 0.1) is 0 Å². The molecule has 3 rings (SSSR count). The molecule has 1 aliphatic heterocycles. The summed E-state index contributed by atoms with van der Waals surface area (Å²) in [6.45, 7) is 7.57. The predicted molar refractivity (Wildman–Crippen MR) is 101 cm³/mol. The molecule has 1 aromatic heterocycles. The third-order valence-electron chi connectivity index (χ3n) is 4.16. The van der Waals surface area contributed by atoms with Gasteiger partial charge >= 0.3 is 0 Å². The summed E-state index contributed by atoms with van der Waals surface area (Å²) < 4.78 is 27.4. The smallest absolute Gasteiger partial charge is 0.271 e. The van der Waals surface area contributed by atoms with E-state index in [0.29, 0.717) is 9.90 Å². The molecule has 1 saturated heterocycles. The second kappa shape index (κ2) is 7.55. The summed E-state index contributed by atoms with van der Waals surface area (Å²) in [6.07, 6.45) is 1.19. The number of benzene rings is 1. The second-order valence-electron chi connectivity index (χ2n) is 5.91. The van der Waals surface area contributed by atoms with Crippen LogP contribution in [0.1, 0.15) is 13.3 Å². The Labute approximate surface area is 148 Å². The Hall–Kier alpha value is -1.57. The highest BCUT2D eigenvalue weighted by atomic mass is 32.2.